The van der Waals surface area contributed by atoms with E-state index in [0.29, 0.717) is 38.2 Å². The van der Waals surface area contributed by atoms with Gasteiger partial charge in [0.2, 0.25) is 11.8 Å². The van der Waals surface area contributed by atoms with Crippen LogP contribution in [-0.4, -0.2) is 61.5 Å². The molecular weight excluding hydrogens is 335 g/mol. The monoisotopic (exact) mass is 362 g/mol. The lowest BCUT2D eigenvalue weighted by atomic mass is 9.79. The Morgan fingerprint density at radius 2 is 2.04 bits per heavy atom. The van der Waals surface area contributed by atoms with E-state index in [1.165, 1.54) is 12.1 Å². The number of rotatable bonds is 5. The van der Waals surface area contributed by atoms with Crippen molar-refractivity contribution in [1.29, 1.82) is 0 Å². The van der Waals surface area contributed by atoms with E-state index in [4.69, 9.17) is 4.74 Å². The van der Waals surface area contributed by atoms with Gasteiger partial charge >= 0.3 is 0 Å². The molecule has 1 atom stereocenters. The lowest BCUT2D eigenvalue weighted by Gasteiger charge is -2.26. The lowest BCUT2D eigenvalue weighted by molar-refractivity contribution is -0.137. The van der Waals surface area contributed by atoms with E-state index >= 15 is 0 Å². The summed E-state index contributed by atoms with van der Waals surface area (Å²) >= 11 is 0. The maximum atomic E-state index is 13.3. The molecule has 0 radical (unpaired) electrons. The van der Waals surface area contributed by atoms with Crippen LogP contribution in [0.5, 0.6) is 0 Å². The van der Waals surface area contributed by atoms with E-state index in [9.17, 15) is 14.0 Å². The number of amides is 2. The zero-order valence-corrected chi connectivity index (χ0v) is 15.4. The largest absolute Gasteiger partial charge is 0.383 e. The SMILES string of the molecule is COCCN1CCC2(CCCN(C(=O)Cc3cccc(F)c3)CC2)C1=O. The Hall–Kier alpha value is -1.95. The van der Waals surface area contributed by atoms with Crippen LogP contribution in [-0.2, 0) is 20.7 Å². The van der Waals surface area contributed by atoms with Crippen LogP contribution in [0.3, 0.4) is 0 Å². The number of hydrogen-bond donors (Lipinski definition) is 0. The topological polar surface area (TPSA) is 49.9 Å². The van der Waals surface area contributed by atoms with Gasteiger partial charge in [-0.05, 0) is 43.4 Å². The first-order chi connectivity index (χ1) is 12.5. The standard InChI is InChI=1S/C20H27FN2O3/c1-26-13-12-23-11-8-20(19(23)25)6-3-9-22(10-7-20)18(24)15-16-4-2-5-17(21)14-16/h2,4-5,14H,3,6-13,15H2,1H3. The van der Waals surface area contributed by atoms with Crippen molar-refractivity contribution in [2.75, 3.05) is 39.9 Å². The molecule has 0 bridgehead atoms. The third kappa shape index (κ3) is 4.06. The zero-order chi connectivity index (χ0) is 18.6. The molecule has 2 aliphatic heterocycles. The maximum Gasteiger partial charge on any atom is 0.229 e. The average molecular weight is 362 g/mol. The Kier molecular flexibility index (Phi) is 5.91. The quantitative estimate of drug-likeness (QED) is 0.807. The molecule has 1 unspecified atom stereocenters. The van der Waals surface area contributed by atoms with Gasteiger partial charge < -0.3 is 14.5 Å². The zero-order valence-electron chi connectivity index (χ0n) is 15.4. The molecule has 2 aliphatic rings. The van der Waals surface area contributed by atoms with E-state index in [1.54, 1.807) is 19.2 Å². The highest BCUT2D eigenvalue weighted by molar-refractivity contribution is 5.85. The number of nitrogens with zero attached hydrogens (tertiary/aromatic N) is 2. The fraction of sp³-hybridized carbons (Fsp3) is 0.600. The minimum atomic E-state index is -0.321. The highest BCUT2D eigenvalue weighted by Crippen LogP contribution is 2.41. The number of methoxy groups -OCH3 is 1. The molecule has 2 saturated heterocycles. The van der Waals surface area contributed by atoms with Crippen molar-refractivity contribution >= 4 is 11.8 Å². The van der Waals surface area contributed by atoms with Crippen molar-refractivity contribution in [3.63, 3.8) is 0 Å². The molecule has 0 N–H and O–H groups in total. The van der Waals surface area contributed by atoms with Crippen LogP contribution in [0.25, 0.3) is 0 Å². The van der Waals surface area contributed by atoms with Crippen molar-refractivity contribution in [3.05, 3.63) is 35.6 Å². The molecule has 1 aromatic rings. The second-order valence-electron chi connectivity index (χ2n) is 7.36. The first-order valence-electron chi connectivity index (χ1n) is 9.35. The van der Waals surface area contributed by atoms with Crippen LogP contribution >= 0.6 is 0 Å². The molecule has 2 heterocycles. The first kappa shape index (κ1) is 18.8. The smallest absolute Gasteiger partial charge is 0.229 e. The second kappa shape index (κ2) is 8.16. The van der Waals surface area contributed by atoms with Crippen molar-refractivity contribution in [1.82, 2.24) is 9.80 Å². The third-order valence-electron chi connectivity index (χ3n) is 5.71. The summed E-state index contributed by atoms with van der Waals surface area (Å²) < 4.78 is 18.4. The summed E-state index contributed by atoms with van der Waals surface area (Å²) in [6, 6.07) is 6.19. The van der Waals surface area contributed by atoms with Gasteiger partial charge in [-0.15, -0.1) is 0 Å². The molecule has 0 saturated carbocycles. The fourth-order valence-corrected chi connectivity index (χ4v) is 4.15. The Bertz CT molecular complexity index is 666. The molecule has 6 heteroatoms. The van der Waals surface area contributed by atoms with Crippen LogP contribution in [0, 0.1) is 11.2 Å². The lowest BCUT2D eigenvalue weighted by Crippen LogP contribution is -2.38. The third-order valence-corrected chi connectivity index (χ3v) is 5.71. The summed E-state index contributed by atoms with van der Waals surface area (Å²) in [5.41, 5.74) is 0.374. The molecule has 0 aromatic heterocycles. The van der Waals surface area contributed by atoms with E-state index in [1.807, 2.05) is 9.80 Å². The highest BCUT2D eigenvalue weighted by atomic mass is 19.1. The van der Waals surface area contributed by atoms with E-state index in [-0.39, 0.29) is 29.5 Å². The Morgan fingerprint density at radius 1 is 1.23 bits per heavy atom. The maximum absolute atomic E-state index is 13.3. The molecule has 142 valence electrons. The number of carbonyl (C=O) groups is 2. The summed E-state index contributed by atoms with van der Waals surface area (Å²) in [4.78, 5) is 29.2. The van der Waals surface area contributed by atoms with E-state index < -0.39 is 0 Å². The van der Waals surface area contributed by atoms with Crippen molar-refractivity contribution in [3.8, 4) is 0 Å². The van der Waals surface area contributed by atoms with Gasteiger partial charge in [-0.2, -0.15) is 0 Å². The number of halogens is 1. The van der Waals surface area contributed by atoms with Gasteiger partial charge in [-0.3, -0.25) is 9.59 Å². The Morgan fingerprint density at radius 3 is 2.81 bits per heavy atom. The first-order valence-corrected chi connectivity index (χ1v) is 9.35. The Balaban J connectivity index is 1.59. The minimum absolute atomic E-state index is 0.00864. The second-order valence-corrected chi connectivity index (χ2v) is 7.36. The molecule has 1 aromatic carbocycles. The number of hydrogen-bond acceptors (Lipinski definition) is 3. The van der Waals surface area contributed by atoms with Crippen LogP contribution in [0.1, 0.15) is 31.2 Å². The van der Waals surface area contributed by atoms with Crippen molar-refractivity contribution in [2.24, 2.45) is 5.41 Å². The number of benzene rings is 1. The van der Waals surface area contributed by atoms with E-state index in [0.717, 1.165) is 25.8 Å². The van der Waals surface area contributed by atoms with Gasteiger partial charge in [-0.25, -0.2) is 4.39 Å². The summed E-state index contributed by atoms with van der Waals surface area (Å²) in [6.45, 7) is 3.23. The molecule has 1 spiro atoms. The number of ether oxygens (including phenoxy) is 1. The van der Waals surface area contributed by atoms with Crippen molar-refractivity contribution < 1.29 is 18.7 Å². The Labute approximate surface area is 154 Å². The number of likely N-dealkylation sites (tertiary alicyclic amines) is 2. The summed E-state index contributed by atoms with van der Waals surface area (Å²) in [5.74, 6) is -0.0962. The molecule has 5 nitrogen and oxygen atoms in total. The summed E-state index contributed by atoms with van der Waals surface area (Å²) in [5, 5.41) is 0. The summed E-state index contributed by atoms with van der Waals surface area (Å²) in [6.07, 6.45) is 3.45. The van der Waals surface area contributed by atoms with Gasteiger partial charge in [-0.1, -0.05) is 12.1 Å². The predicted octanol–water partition coefficient (Wildman–Crippen LogP) is 2.25. The van der Waals surface area contributed by atoms with Crippen LogP contribution < -0.4 is 0 Å². The average Bonchev–Trinajstić information content (AvgIpc) is 2.80. The number of carbonyl (C=O) groups excluding carboxylic acids is 2. The van der Waals surface area contributed by atoms with Crippen LogP contribution in [0.15, 0.2) is 24.3 Å². The predicted molar refractivity (Wildman–Crippen MR) is 96.0 cm³/mol. The molecule has 2 fully saturated rings. The van der Waals surface area contributed by atoms with Gasteiger partial charge in [0.15, 0.2) is 0 Å². The van der Waals surface area contributed by atoms with Crippen molar-refractivity contribution in [2.45, 2.75) is 32.1 Å². The highest BCUT2D eigenvalue weighted by Gasteiger charge is 2.46. The molecule has 0 aliphatic carbocycles. The van der Waals surface area contributed by atoms with Gasteiger partial charge in [0.25, 0.3) is 0 Å². The minimum Gasteiger partial charge on any atom is -0.383 e. The van der Waals surface area contributed by atoms with E-state index in [2.05, 4.69) is 0 Å². The van der Waals surface area contributed by atoms with Gasteiger partial charge in [0, 0.05) is 33.3 Å². The summed E-state index contributed by atoms with van der Waals surface area (Å²) in [7, 11) is 1.64. The molecular formula is C20H27FN2O3. The normalized spacial score (nSPS) is 23.5. The fourth-order valence-electron chi connectivity index (χ4n) is 4.15. The molecule has 3 rings (SSSR count). The van der Waals surface area contributed by atoms with Crippen LogP contribution in [0.2, 0.25) is 0 Å². The van der Waals surface area contributed by atoms with Crippen LogP contribution in [0.4, 0.5) is 4.39 Å². The van der Waals surface area contributed by atoms with Gasteiger partial charge in [0.05, 0.1) is 18.4 Å². The molecule has 2 amide bonds. The van der Waals surface area contributed by atoms with Gasteiger partial charge in [0.1, 0.15) is 5.82 Å². The molecule has 26 heavy (non-hydrogen) atoms.